The van der Waals surface area contributed by atoms with Crippen molar-refractivity contribution in [2.75, 3.05) is 7.05 Å². The highest BCUT2D eigenvalue weighted by Crippen LogP contribution is 1.90. The third kappa shape index (κ3) is 3.59. The van der Waals surface area contributed by atoms with Gasteiger partial charge in [-0.05, 0) is 0 Å². The van der Waals surface area contributed by atoms with Gasteiger partial charge in [-0.3, -0.25) is 14.4 Å². The normalized spacial score (nSPS) is 8.92. The first kappa shape index (κ1) is 11.5. The van der Waals surface area contributed by atoms with Gasteiger partial charge < -0.3 is 0 Å². The minimum atomic E-state index is -0.444. The molecule has 0 aromatic heterocycles. The van der Waals surface area contributed by atoms with E-state index < -0.39 is 11.6 Å². The van der Waals surface area contributed by atoms with E-state index in [9.17, 15) is 14.4 Å². The minimum absolute atomic E-state index is 0.210. The Morgan fingerprint density at radius 3 is 1.62 bits per heavy atom. The fraction of sp³-hybridized carbons (Fsp3) is 0.500. The van der Waals surface area contributed by atoms with Crippen LogP contribution in [-0.4, -0.2) is 35.2 Å². The molecular weight excluding hydrogens is 172 g/mol. The quantitative estimate of drug-likeness (QED) is 0.352. The van der Waals surface area contributed by atoms with E-state index in [0.717, 1.165) is 5.01 Å². The molecule has 0 aromatic rings. The second kappa shape index (κ2) is 4.49. The molecule has 0 saturated heterocycles. The first-order chi connectivity index (χ1) is 5.86. The molecule has 0 heterocycles. The Morgan fingerprint density at radius 2 is 1.38 bits per heavy atom. The van der Waals surface area contributed by atoms with E-state index in [0.29, 0.717) is 0 Å². The lowest BCUT2D eigenvalue weighted by Crippen LogP contribution is -2.26. The second-order valence-electron chi connectivity index (χ2n) is 2.60. The Morgan fingerprint density at radius 1 is 1.00 bits per heavy atom. The van der Waals surface area contributed by atoms with Crippen LogP contribution in [0.5, 0.6) is 0 Å². The standard InChI is InChI=1S/C8H12N2O3/c1-5(11)8(6(2)12)9-10(4)7(3)13/h1-4H3. The summed E-state index contributed by atoms with van der Waals surface area (Å²) in [4.78, 5) is 32.4. The number of Topliss-reactive ketones (excluding diaryl/α,β-unsaturated/α-hetero) is 2. The zero-order valence-corrected chi connectivity index (χ0v) is 8.12. The van der Waals surface area contributed by atoms with Crippen molar-refractivity contribution in [2.24, 2.45) is 5.10 Å². The molecule has 5 nitrogen and oxygen atoms in total. The van der Waals surface area contributed by atoms with Gasteiger partial charge in [0.05, 0.1) is 0 Å². The molecule has 0 aliphatic rings. The average molecular weight is 184 g/mol. The van der Waals surface area contributed by atoms with Crippen LogP contribution in [0.15, 0.2) is 5.10 Å². The Kier molecular flexibility index (Phi) is 3.97. The summed E-state index contributed by atoms with van der Waals surface area (Å²) in [7, 11) is 1.38. The van der Waals surface area contributed by atoms with Crippen LogP contribution in [0.4, 0.5) is 0 Å². The van der Waals surface area contributed by atoms with Crippen LogP contribution in [0.3, 0.4) is 0 Å². The topological polar surface area (TPSA) is 66.8 Å². The van der Waals surface area contributed by atoms with Crippen LogP contribution in [-0.2, 0) is 14.4 Å². The Balaban J connectivity index is 4.84. The molecule has 13 heavy (non-hydrogen) atoms. The van der Waals surface area contributed by atoms with E-state index in [1.165, 1.54) is 27.8 Å². The molecule has 5 heteroatoms. The number of ketones is 2. The summed E-state index contributed by atoms with van der Waals surface area (Å²) in [5.41, 5.74) is -0.210. The lowest BCUT2D eigenvalue weighted by molar-refractivity contribution is -0.127. The number of carbonyl (C=O) groups is 3. The van der Waals surface area contributed by atoms with E-state index in [2.05, 4.69) is 5.10 Å². The van der Waals surface area contributed by atoms with E-state index in [1.54, 1.807) is 0 Å². The monoisotopic (exact) mass is 184 g/mol. The first-order valence-electron chi connectivity index (χ1n) is 3.71. The van der Waals surface area contributed by atoms with E-state index in [4.69, 9.17) is 0 Å². The Bertz CT molecular complexity index is 265. The van der Waals surface area contributed by atoms with E-state index in [1.807, 2.05) is 0 Å². The fourth-order valence-corrected chi connectivity index (χ4v) is 0.609. The average Bonchev–Trinajstić information content (AvgIpc) is 1.97. The molecule has 1 amide bonds. The molecule has 0 unspecified atom stereocenters. The second-order valence-corrected chi connectivity index (χ2v) is 2.60. The maximum absolute atomic E-state index is 10.9. The molecule has 0 fully saturated rings. The lowest BCUT2D eigenvalue weighted by Gasteiger charge is -2.08. The van der Waals surface area contributed by atoms with Crippen LogP contribution in [0.2, 0.25) is 0 Å². The third-order valence-corrected chi connectivity index (χ3v) is 1.37. The zero-order valence-electron chi connectivity index (χ0n) is 8.12. The van der Waals surface area contributed by atoms with Gasteiger partial charge in [-0.15, -0.1) is 0 Å². The third-order valence-electron chi connectivity index (χ3n) is 1.37. The van der Waals surface area contributed by atoms with Crippen molar-refractivity contribution in [3.8, 4) is 0 Å². The fourth-order valence-electron chi connectivity index (χ4n) is 0.609. The smallest absolute Gasteiger partial charge is 0.239 e. The van der Waals surface area contributed by atoms with Gasteiger partial charge in [0, 0.05) is 27.8 Å². The number of rotatable bonds is 3. The maximum Gasteiger partial charge on any atom is 0.239 e. The van der Waals surface area contributed by atoms with E-state index in [-0.39, 0.29) is 11.6 Å². The molecule has 0 bridgehead atoms. The summed E-state index contributed by atoms with van der Waals surface area (Å²) in [5, 5.41) is 4.53. The molecule has 0 rings (SSSR count). The molecule has 0 aliphatic heterocycles. The van der Waals surface area contributed by atoms with Gasteiger partial charge in [0.1, 0.15) is 0 Å². The minimum Gasteiger partial charge on any atom is -0.293 e. The highest BCUT2D eigenvalue weighted by Gasteiger charge is 2.13. The molecule has 0 spiro atoms. The highest BCUT2D eigenvalue weighted by molar-refractivity contribution is 6.65. The summed E-state index contributed by atoms with van der Waals surface area (Å²) < 4.78 is 0. The predicted octanol–water partition coefficient (Wildman–Crippen LogP) is -0.00130. The Labute approximate surface area is 76.4 Å². The van der Waals surface area contributed by atoms with Gasteiger partial charge in [-0.1, -0.05) is 0 Å². The van der Waals surface area contributed by atoms with Crippen LogP contribution in [0.1, 0.15) is 20.8 Å². The van der Waals surface area contributed by atoms with Crippen LogP contribution >= 0.6 is 0 Å². The molecule has 0 aliphatic carbocycles. The molecular formula is C8H12N2O3. The highest BCUT2D eigenvalue weighted by atomic mass is 16.2. The number of amides is 1. The number of nitrogens with zero attached hydrogens (tertiary/aromatic N) is 2. The first-order valence-corrected chi connectivity index (χ1v) is 3.71. The molecule has 0 N–H and O–H groups in total. The number of hydrogen-bond donors (Lipinski definition) is 0. The molecule has 0 radical (unpaired) electrons. The SMILES string of the molecule is CC(=O)C(=NN(C)C(C)=O)C(C)=O. The van der Waals surface area contributed by atoms with Crippen LogP contribution in [0.25, 0.3) is 0 Å². The van der Waals surface area contributed by atoms with Gasteiger partial charge in [0.15, 0.2) is 17.3 Å². The van der Waals surface area contributed by atoms with Crippen molar-refractivity contribution in [3.63, 3.8) is 0 Å². The number of carbonyl (C=O) groups excluding carboxylic acids is 3. The van der Waals surface area contributed by atoms with Gasteiger partial charge >= 0.3 is 0 Å². The zero-order chi connectivity index (χ0) is 10.6. The van der Waals surface area contributed by atoms with Gasteiger partial charge in [-0.25, -0.2) is 5.01 Å². The summed E-state index contributed by atoms with van der Waals surface area (Å²) in [6.45, 7) is 3.75. The van der Waals surface area contributed by atoms with Gasteiger partial charge in [0.25, 0.3) is 0 Å². The van der Waals surface area contributed by atoms with Crippen molar-refractivity contribution < 1.29 is 14.4 Å². The molecule has 0 atom stereocenters. The molecule has 72 valence electrons. The van der Waals surface area contributed by atoms with E-state index >= 15 is 0 Å². The molecule has 0 aromatic carbocycles. The van der Waals surface area contributed by atoms with Crippen molar-refractivity contribution in [3.05, 3.63) is 0 Å². The number of hydrogen-bond acceptors (Lipinski definition) is 4. The summed E-state index contributed by atoms with van der Waals surface area (Å²) in [6, 6.07) is 0. The number of hydrazone groups is 1. The lowest BCUT2D eigenvalue weighted by atomic mass is 10.2. The van der Waals surface area contributed by atoms with Crippen molar-refractivity contribution in [2.45, 2.75) is 20.8 Å². The predicted molar refractivity (Wildman–Crippen MR) is 47.2 cm³/mol. The summed E-state index contributed by atoms with van der Waals surface area (Å²) in [6.07, 6.45) is 0. The van der Waals surface area contributed by atoms with Gasteiger partial charge in [-0.2, -0.15) is 5.10 Å². The Hall–Kier alpha value is -1.52. The van der Waals surface area contributed by atoms with Crippen molar-refractivity contribution in [1.29, 1.82) is 0 Å². The van der Waals surface area contributed by atoms with Crippen LogP contribution in [0, 0.1) is 0 Å². The summed E-state index contributed by atoms with van der Waals surface area (Å²) in [5.74, 6) is -1.22. The van der Waals surface area contributed by atoms with Gasteiger partial charge in [0.2, 0.25) is 5.91 Å². The molecule has 0 saturated carbocycles. The largest absolute Gasteiger partial charge is 0.293 e. The maximum atomic E-state index is 10.9. The van der Waals surface area contributed by atoms with Crippen molar-refractivity contribution in [1.82, 2.24) is 5.01 Å². The van der Waals surface area contributed by atoms with Crippen molar-refractivity contribution >= 4 is 23.2 Å². The van der Waals surface area contributed by atoms with Crippen LogP contribution < -0.4 is 0 Å². The summed E-state index contributed by atoms with van der Waals surface area (Å²) >= 11 is 0.